The van der Waals surface area contributed by atoms with E-state index in [-0.39, 0.29) is 12.1 Å². The van der Waals surface area contributed by atoms with Crippen LogP contribution in [0.3, 0.4) is 0 Å². The average Bonchev–Trinajstić information content (AvgIpc) is 3.22. The van der Waals surface area contributed by atoms with Gasteiger partial charge in [0.25, 0.3) is 0 Å². The van der Waals surface area contributed by atoms with Gasteiger partial charge in [-0.15, -0.1) is 11.8 Å². The number of aryl methyl sites for hydroxylation is 1. The van der Waals surface area contributed by atoms with Gasteiger partial charge in [0.15, 0.2) is 5.82 Å². The fraction of sp³-hybridized carbons (Fsp3) is 0.438. The van der Waals surface area contributed by atoms with Gasteiger partial charge in [0.2, 0.25) is 5.89 Å². The maximum absolute atomic E-state index is 12.3. The number of benzene rings is 1. The lowest BCUT2D eigenvalue weighted by Crippen LogP contribution is -2.18. The first-order valence-electron chi connectivity index (χ1n) is 7.52. The number of hydrogen-bond acceptors (Lipinski definition) is 7. The van der Waals surface area contributed by atoms with Crippen molar-refractivity contribution in [3.63, 3.8) is 0 Å². The lowest BCUT2D eigenvalue weighted by molar-refractivity contribution is 0.0158. The van der Waals surface area contributed by atoms with Crippen LogP contribution in [0.1, 0.15) is 34.9 Å². The van der Waals surface area contributed by atoms with Crippen molar-refractivity contribution in [2.45, 2.75) is 36.5 Å². The molecule has 122 valence electrons. The third-order valence-electron chi connectivity index (χ3n) is 3.46. The van der Waals surface area contributed by atoms with E-state index in [9.17, 15) is 4.79 Å². The number of thioether (sulfide) groups is 1. The molecule has 1 atom stereocenters. The summed E-state index contributed by atoms with van der Waals surface area (Å²) in [5.41, 5.74) is 0.552. The Morgan fingerprint density at radius 2 is 2.30 bits per heavy atom. The Balaban J connectivity index is 1.60. The van der Waals surface area contributed by atoms with Crippen LogP contribution in [0, 0.1) is 6.92 Å². The number of carbonyl (C=O) groups excluding carboxylic acids is 1. The minimum absolute atomic E-state index is 0.0288. The molecule has 0 saturated carbocycles. The normalized spacial score (nSPS) is 17.3. The summed E-state index contributed by atoms with van der Waals surface area (Å²) in [5.74, 6) is 1.35. The van der Waals surface area contributed by atoms with Crippen molar-refractivity contribution in [2.75, 3.05) is 13.2 Å². The van der Waals surface area contributed by atoms with Gasteiger partial charge < -0.3 is 14.0 Å². The van der Waals surface area contributed by atoms with Crippen molar-refractivity contribution in [1.29, 1.82) is 0 Å². The van der Waals surface area contributed by atoms with Gasteiger partial charge in [-0.25, -0.2) is 4.79 Å². The molecule has 2 heterocycles. The molecule has 0 aliphatic carbocycles. The summed E-state index contributed by atoms with van der Waals surface area (Å²) in [6, 6.07) is 7.37. The van der Waals surface area contributed by atoms with Gasteiger partial charge in [-0.05, 0) is 25.0 Å². The second-order valence-electron chi connectivity index (χ2n) is 5.25. The van der Waals surface area contributed by atoms with Gasteiger partial charge in [-0.1, -0.05) is 17.3 Å². The molecule has 0 radical (unpaired) electrons. The van der Waals surface area contributed by atoms with Crippen molar-refractivity contribution in [3.05, 3.63) is 41.5 Å². The highest BCUT2D eigenvalue weighted by atomic mass is 32.2. The number of ether oxygens (including phenoxy) is 2. The molecule has 2 aromatic rings. The summed E-state index contributed by atoms with van der Waals surface area (Å²) >= 11 is 1.48. The Labute approximate surface area is 138 Å². The van der Waals surface area contributed by atoms with Crippen molar-refractivity contribution >= 4 is 17.7 Å². The molecule has 1 unspecified atom stereocenters. The Hall–Kier alpha value is -1.86. The second-order valence-corrected chi connectivity index (χ2v) is 6.27. The van der Waals surface area contributed by atoms with Crippen LogP contribution in [0.25, 0.3) is 0 Å². The van der Waals surface area contributed by atoms with E-state index < -0.39 is 0 Å². The zero-order valence-electron chi connectivity index (χ0n) is 12.9. The zero-order valence-corrected chi connectivity index (χ0v) is 13.7. The van der Waals surface area contributed by atoms with Crippen molar-refractivity contribution in [2.24, 2.45) is 0 Å². The summed E-state index contributed by atoms with van der Waals surface area (Å²) in [4.78, 5) is 17.3. The Bertz CT molecular complexity index is 668. The average molecular weight is 334 g/mol. The first-order chi connectivity index (χ1) is 11.2. The lowest BCUT2D eigenvalue weighted by atomic mass is 10.2. The predicted octanol–water partition coefficient (Wildman–Crippen LogP) is 3.01. The fourth-order valence-electron chi connectivity index (χ4n) is 2.33. The van der Waals surface area contributed by atoms with E-state index in [4.69, 9.17) is 14.0 Å². The van der Waals surface area contributed by atoms with E-state index in [0.29, 0.717) is 29.6 Å². The third-order valence-corrected chi connectivity index (χ3v) is 4.53. The minimum atomic E-state index is -0.326. The van der Waals surface area contributed by atoms with Crippen LogP contribution in [0.4, 0.5) is 0 Å². The smallest absolute Gasteiger partial charge is 0.339 e. The molecule has 7 heteroatoms. The third kappa shape index (κ3) is 4.33. The van der Waals surface area contributed by atoms with Gasteiger partial charge in [0.1, 0.15) is 6.61 Å². The molecule has 1 aliphatic rings. The molecule has 1 fully saturated rings. The van der Waals surface area contributed by atoms with Gasteiger partial charge >= 0.3 is 5.97 Å². The van der Waals surface area contributed by atoms with E-state index in [1.165, 1.54) is 11.8 Å². The van der Waals surface area contributed by atoms with Crippen molar-refractivity contribution in [1.82, 2.24) is 10.1 Å². The highest BCUT2D eigenvalue weighted by Gasteiger charge is 2.19. The van der Waals surface area contributed by atoms with E-state index >= 15 is 0 Å². The monoisotopic (exact) mass is 334 g/mol. The quantitative estimate of drug-likeness (QED) is 0.594. The first-order valence-corrected chi connectivity index (χ1v) is 8.50. The number of esters is 1. The second kappa shape index (κ2) is 7.61. The Morgan fingerprint density at radius 1 is 1.43 bits per heavy atom. The van der Waals surface area contributed by atoms with Crippen molar-refractivity contribution in [3.8, 4) is 0 Å². The standard InChI is InChI=1S/C16H18N2O4S/c1-11-17-15(18-22-11)10-23-14-7-3-2-6-13(14)16(19)21-9-12-5-4-8-20-12/h2-3,6-7,12H,4-5,8-10H2,1H3. The molecule has 1 aliphatic heterocycles. The van der Waals surface area contributed by atoms with Crippen LogP contribution in [-0.2, 0) is 15.2 Å². The molecule has 23 heavy (non-hydrogen) atoms. The van der Waals surface area contributed by atoms with Crippen LogP contribution in [0.15, 0.2) is 33.7 Å². The molecule has 0 N–H and O–H groups in total. The number of nitrogens with zero attached hydrogens (tertiary/aromatic N) is 2. The first kappa shape index (κ1) is 16.0. The van der Waals surface area contributed by atoms with Crippen LogP contribution in [0.5, 0.6) is 0 Å². The summed E-state index contributed by atoms with van der Waals surface area (Å²) < 4.78 is 15.8. The van der Waals surface area contributed by atoms with E-state index in [1.54, 1.807) is 13.0 Å². The summed E-state index contributed by atoms with van der Waals surface area (Å²) in [5, 5.41) is 3.85. The molecule has 0 bridgehead atoms. The molecule has 1 saturated heterocycles. The molecular formula is C16H18N2O4S. The van der Waals surface area contributed by atoms with Crippen LogP contribution < -0.4 is 0 Å². The van der Waals surface area contributed by atoms with Crippen molar-refractivity contribution < 1.29 is 18.8 Å². The number of hydrogen-bond donors (Lipinski definition) is 0. The Morgan fingerprint density at radius 3 is 3.04 bits per heavy atom. The SMILES string of the molecule is Cc1nc(CSc2ccccc2C(=O)OCC2CCCO2)no1. The molecule has 1 aromatic heterocycles. The van der Waals surface area contributed by atoms with E-state index in [2.05, 4.69) is 10.1 Å². The van der Waals surface area contributed by atoms with E-state index in [1.807, 2.05) is 18.2 Å². The van der Waals surface area contributed by atoms with Gasteiger partial charge in [0.05, 0.1) is 17.4 Å². The van der Waals surface area contributed by atoms with Crippen LogP contribution >= 0.6 is 11.8 Å². The maximum Gasteiger partial charge on any atom is 0.339 e. The fourth-order valence-corrected chi connectivity index (χ4v) is 3.21. The number of carbonyl (C=O) groups is 1. The van der Waals surface area contributed by atoms with Gasteiger partial charge in [-0.2, -0.15) is 4.98 Å². The summed E-state index contributed by atoms with van der Waals surface area (Å²) in [6.45, 7) is 2.80. The topological polar surface area (TPSA) is 74.5 Å². The molecule has 3 rings (SSSR count). The summed E-state index contributed by atoms with van der Waals surface area (Å²) in [6.07, 6.45) is 2.00. The number of rotatable bonds is 6. The van der Waals surface area contributed by atoms with Crippen LogP contribution in [0.2, 0.25) is 0 Å². The van der Waals surface area contributed by atoms with E-state index in [0.717, 1.165) is 24.3 Å². The predicted molar refractivity (Wildman–Crippen MR) is 84.3 cm³/mol. The minimum Gasteiger partial charge on any atom is -0.459 e. The number of aromatic nitrogens is 2. The molecule has 6 nitrogen and oxygen atoms in total. The summed E-state index contributed by atoms with van der Waals surface area (Å²) in [7, 11) is 0. The largest absolute Gasteiger partial charge is 0.459 e. The van der Waals surface area contributed by atoms with Gasteiger partial charge in [0, 0.05) is 18.4 Å². The Kier molecular flexibility index (Phi) is 5.30. The molecule has 0 amide bonds. The van der Waals surface area contributed by atoms with Crippen LogP contribution in [-0.4, -0.2) is 35.4 Å². The molecular weight excluding hydrogens is 316 g/mol. The molecule has 0 spiro atoms. The molecule has 1 aromatic carbocycles. The maximum atomic E-state index is 12.3. The lowest BCUT2D eigenvalue weighted by Gasteiger charge is -2.12. The van der Waals surface area contributed by atoms with Gasteiger partial charge in [-0.3, -0.25) is 0 Å². The zero-order chi connectivity index (χ0) is 16.1. The highest BCUT2D eigenvalue weighted by Crippen LogP contribution is 2.26. The highest BCUT2D eigenvalue weighted by molar-refractivity contribution is 7.98.